The minimum absolute atomic E-state index is 0.0696. The third-order valence-electron chi connectivity index (χ3n) is 2.73. The first-order chi connectivity index (χ1) is 8.08. The van der Waals surface area contributed by atoms with Crippen LogP contribution in [-0.2, 0) is 11.2 Å². The van der Waals surface area contributed by atoms with Crippen molar-refractivity contribution >= 4 is 39.2 Å². The number of thioether (sulfide) groups is 1. The molecule has 1 unspecified atom stereocenters. The number of nitrogens with zero attached hydrogens (tertiary/aromatic N) is 1. The van der Waals surface area contributed by atoms with Crippen LogP contribution in [0, 0.1) is 16.0 Å². The van der Waals surface area contributed by atoms with Gasteiger partial charge in [-0.25, -0.2) is 0 Å². The molecule has 1 aromatic carbocycles. The van der Waals surface area contributed by atoms with Gasteiger partial charge in [-0.05, 0) is 12.5 Å². The topological polar surface area (TPSA) is 60.2 Å². The highest BCUT2D eigenvalue weighted by Crippen LogP contribution is 2.29. The van der Waals surface area contributed by atoms with E-state index in [4.69, 9.17) is 0 Å². The van der Waals surface area contributed by atoms with Crippen molar-refractivity contribution < 1.29 is 9.72 Å². The number of Topliss-reactive ketones (excluding diaryl/α,β-unsaturated/α-hetero) is 1. The molecule has 1 aromatic rings. The van der Waals surface area contributed by atoms with Crippen molar-refractivity contribution in [3.8, 4) is 0 Å². The molecule has 6 heteroatoms. The van der Waals surface area contributed by atoms with E-state index in [9.17, 15) is 14.9 Å². The molecule has 0 saturated carbocycles. The van der Waals surface area contributed by atoms with E-state index in [2.05, 4.69) is 15.9 Å². The molecular weight excluding hydrogens is 306 g/mol. The minimum Gasteiger partial charge on any atom is -0.298 e. The van der Waals surface area contributed by atoms with Gasteiger partial charge in [0.25, 0.3) is 5.69 Å². The summed E-state index contributed by atoms with van der Waals surface area (Å²) in [5.41, 5.74) is 0.725. The van der Waals surface area contributed by atoms with Gasteiger partial charge in [-0.3, -0.25) is 14.9 Å². The Morgan fingerprint density at radius 2 is 2.29 bits per heavy atom. The lowest BCUT2D eigenvalue weighted by molar-refractivity contribution is -0.385. The van der Waals surface area contributed by atoms with E-state index >= 15 is 0 Å². The van der Waals surface area contributed by atoms with Crippen LogP contribution in [0.4, 0.5) is 5.69 Å². The molecule has 90 valence electrons. The van der Waals surface area contributed by atoms with E-state index in [1.807, 2.05) is 0 Å². The third-order valence-corrected chi connectivity index (χ3v) is 4.35. The number of carbonyl (C=O) groups is 1. The molecule has 1 fully saturated rings. The van der Waals surface area contributed by atoms with Crippen LogP contribution in [0.5, 0.6) is 0 Å². The van der Waals surface area contributed by atoms with Gasteiger partial charge in [-0.2, -0.15) is 11.8 Å². The van der Waals surface area contributed by atoms with Crippen LogP contribution in [0.1, 0.15) is 5.56 Å². The first-order valence-electron chi connectivity index (χ1n) is 5.11. The number of rotatable bonds is 3. The number of nitro benzene ring substituents is 1. The van der Waals surface area contributed by atoms with E-state index < -0.39 is 4.92 Å². The Balaban J connectivity index is 2.25. The zero-order valence-corrected chi connectivity index (χ0v) is 11.3. The molecule has 4 nitrogen and oxygen atoms in total. The van der Waals surface area contributed by atoms with E-state index in [-0.39, 0.29) is 17.4 Å². The van der Waals surface area contributed by atoms with Crippen molar-refractivity contribution in [2.45, 2.75) is 6.42 Å². The van der Waals surface area contributed by atoms with Gasteiger partial charge in [0.15, 0.2) is 0 Å². The third kappa shape index (κ3) is 2.87. The summed E-state index contributed by atoms with van der Waals surface area (Å²) in [6.07, 6.45) is 0.468. The maximum absolute atomic E-state index is 11.5. The summed E-state index contributed by atoms with van der Waals surface area (Å²) in [7, 11) is 0. The summed E-state index contributed by atoms with van der Waals surface area (Å²) in [4.78, 5) is 22.1. The van der Waals surface area contributed by atoms with Crippen molar-refractivity contribution in [1.82, 2.24) is 0 Å². The van der Waals surface area contributed by atoms with E-state index in [0.29, 0.717) is 22.2 Å². The maximum Gasteiger partial charge on any atom is 0.273 e. The van der Waals surface area contributed by atoms with Gasteiger partial charge in [0.1, 0.15) is 5.78 Å². The lowest BCUT2D eigenvalue weighted by atomic mass is 9.97. The number of benzene rings is 1. The van der Waals surface area contributed by atoms with Crippen LogP contribution in [-0.4, -0.2) is 22.2 Å². The summed E-state index contributed by atoms with van der Waals surface area (Å²) in [6.45, 7) is 0. The summed E-state index contributed by atoms with van der Waals surface area (Å²) in [5.74, 6) is 1.44. The Morgan fingerprint density at radius 3 is 2.88 bits per heavy atom. The molecule has 0 aromatic heterocycles. The fraction of sp³-hybridized carbons (Fsp3) is 0.364. The summed E-state index contributed by atoms with van der Waals surface area (Å²) < 4.78 is 0.681. The molecule has 0 bridgehead atoms. The van der Waals surface area contributed by atoms with Crippen molar-refractivity contribution in [3.05, 3.63) is 38.3 Å². The molecule has 1 saturated heterocycles. The molecule has 17 heavy (non-hydrogen) atoms. The SMILES string of the molecule is O=C1CSCC1Cc1ccc(Br)cc1[N+](=O)[O-]. The second kappa shape index (κ2) is 5.18. The van der Waals surface area contributed by atoms with Crippen molar-refractivity contribution in [2.24, 2.45) is 5.92 Å². The number of hydrogen-bond donors (Lipinski definition) is 0. The zero-order valence-electron chi connectivity index (χ0n) is 8.89. The van der Waals surface area contributed by atoms with Crippen LogP contribution in [0.15, 0.2) is 22.7 Å². The summed E-state index contributed by atoms with van der Waals surface area (Å²) in [5, 5.41) is 10.9. The standard InChI is InChI=1S/C11H10BrNO3S/c12-9-2-1-7(10(4-9)13(15)16)3-8-5-17-6-11(8)14/h1-2,4,8H,3,5-6H2. The van der Waals surface area contributed by atoms with E-state index in [1.165, 1.54) is 6.07 Å². The van der Waals surface area contributed by atoms with Gasteiger partial charge in [0.05, 0.1) is 10.7 Å². The Morgan fingerprint density at radius 1 is 1.53 bits per heavy atom. The predicted molar refractivity (Wildman–Crippen MR) is 70.3 cm³/mol. The second-order valence-electron chi connectivity index (χ2n) is 3.91. The normalized spacial score (nSPS) is 19.6. The Hall–Kier alpha value is -0.880. The highest BCUT2D eigenvalue weighted by Gasteiger charge is 2.27. The minimum atomic E-state index is -0.396. The van der Waals surface area contributed by atoms with Gasteiger partial charge in [-0.1, -0.05) is 22.0 Å². The van der Waals surface area contributed by atoms with Crippen LogP contribution in [0.2, 0.25) is 0 Å². The van der Waals surface area contributed by atoms with Gasteiger partial charge >= 0.3 is 0 Å². The van der Waals surface area contributed by atoms with Gasteiger partial charge < -0.3 is 0 Å². The first kappa shape index (κ1) is 12.6. The molecule has 0 spiro atoms. The van der Waals surface area contributed by atoms with Crippen LogP contribution in [0.25, 0.3) is 0 Å². The highest BCUT2D eigenvalue weighted by atomic mass is 79.9. The number of nitro groups is 1. The molecule has 2 rings (SSSR count). The molecule has 0 amide bonds. The Labute approximate surface area is 111 Å². The quantitative estimate of drug-likeness (QED) is 0.635. The average Bonchev–Trinajstić information content (AvgIpc) is 2.67. The highest BCUT2D eigenvalue weighted by molar-refractivity contribution is 9.10. The Kier molecular flexibility index (Phi) is 3.83. The summed E-state index contributed by atoms with van der Waals surface area (Å²) in [6, 6.07) is 4.98. The fourth-order valence-corrected chi connectivity index (χ4v) is 3.32. The van der Waals surface area contributed by atoms with Gasteiger partial charge in [0, 0.05) is 27.8 Å². The van der Waals surface area contributed by atoms with E-state index in [1.54, 1.807) is 23.9 Å². The van der Waals surface area contributed by atoms with Gasteiger partial charge in [0.2, 0.25) is 0 Å². The largest absolute Gasteiger partial charge is 0.298 e. The van der Waals surface area contributed by atoms with Crippen LogP contribution >= 0.6 is 27.7 Å². The lowest BCUT2D eigenvalue weighted by Gasteiger charge is -2.07. The van der Waals surface area contributed by atoms with E-state index in [0.717, 1.165) is 5.75 Å². The molecule has 0 N–H and O–H groups in total. The molecule has 1 atom stereocenters. The Bertz CT molecular complexity index is 478. The number of halogens is 1. The molecular formula is C11H10BrNO3S. The average molecular weight is 316 g/mol. The fourth-order valence-electron chi connectivity index (χ4n) is 1.83. The predicted octanol–water partition coefficient (Wildman–Crippen LogP) is 2.83. The molecule has 0 aliphatic carbocycles. The lowest BCUT2D eigenvalue weighted by Crippen LogP contribution is -2.14. The molecule has 0 radical (unpaired) electrons. The molecule has 1 aliphatic rings. The second-order valence-corrected chi connectivity index (χ2v) is 5.86. The molecule has 1 aliphatic heterocycles. The van der Waals surface area contributed by atoms with Gasteiger partial charge in [-0.15, -0.1) is 0 Å². The number of hydrogen-bond acceptors (Lipinski definition) is 4. The first-order valence-corrected chi connectivity index (χ1v) is 7.06. The zero-order chi connectivity index (χ0) is 12.4. The number of carbonyl (C=O) groups excluding carboxylic acids is 1. The summed E-state index contributed by atoms with van der Waals surface area (Å²) >= 11 is 4.81. The van der Waals surface area contributed by atoms with Crippen LogP contribution in [0.3, 0.4) is 0 Å². The number of ketones is 1. The van der Waals surface area contributed by atoms with Crippen molar-refractivity contribution in [2.75, 3.05) is 11.5 Å². The van der Waals surface area contributed by atoms with Crippen LogP contribution < -0.4 is 0 Å². The molecule has 1 heterocycles. The maximum atomic E-state index is 11.5. The monoisotopic (exact) mass is 315 g/mol. The van der Waals surface area contributed by atoms with Crippen molar-refractivity contribution in [1.29, 1.82) is 0 Å². The van der Waals surface area contributed by atoms with Crippen molar-refractivity contribution in [3.63, 3.8) is 0 Å². The smallest absolute Gasteiger partial charge is 0.273 e.